The summed E-state index contributed by atoms with van der Waals surface area (Å²) in [5.41, 5.74) is 2.15. The van der Waals surface area contributed by atoms with E-state index in [1.165, 1.54) is 10.9 Å². The van der Waals surface area contributed by atoms with Gasteiger partial charge in [-0.3, -0.25) is 5.32 Å². The van der Waals surface area contributed by atoms with Gasteiger partial charge in [0.25, 0.3) is 0 Å². The molecule has 2 aromatic rings. The fourth-order valence-corrected chi connectivity index (χ4v) is 1.72. The Kier molecular flexibility index (Phi) is 2.71. The van der Waals surface area contributed by atoms with Gasteiger partial charge < -0.3 is 5.11 Å². The molecule has 1 atom stereocenters. The quantitative estimate of drug-likeness (QED) is 0.731. The molecule has 0 radical (unpaired) electrons. The second kappa shape index (κ2) is 4.01. The second-order valence-corrected chi connectivity index (χ2v) is 3.80. The molecule has 0 saturated heterocycles. The molecular weight excluding hydrogens is 186 g/mol. The Bertz CT molecular complexity index is 479. The first-order valence-electron chi connectivity index (χ1n) is 5.06. The van der Waals surface area contributed by atoms with Crippen molar-refractivity contribution < 1.29 is 5.11 Å². The summed E-state index contributed by atoms with van der Waals surface area (Å²) in [6.45, 7) is 2.08. The first kappa shape index (κ1) is 10.1. The number of nitrogens with one attached hydrogen (secondary N) is 1. The lowest BCUT2D eigenvalue weighted by Gasteiger charge is -2.10. The van der Waals surface area contributed by atoms with Gasteiger partial charge >= 0.3 is 0 Å². The minimum absolute atomic E-state index is 0.587. The smallest absolute Gasteiger partial charge is 0.130 e. The number of aryl methyl sites for hydroxylation is 1. The van der Waals surface area contributed by atoms with E-state index in [4.69, 9.17) is 0 Å². The van der Waals surface area contributed by atoms with Gasteiger partial charge in [0.15, 0.2) is 0 Å². The average molecular weight is 201 g/mol. The van der Waals surface area contributed by atoms with E-state index in [1.54, 1.807) is 7.05 Å². The van der Waals surface area contributed by atoms with Gasteiger partial charge in [-0.2, -0.15) is 0 Å². The van der Waals surface area contributed by atoms with Crippen molar-refractivity contribution in [3.8, 4) is 0 Å². The molecule has 0 aliphatic carbocycles. The highest BCUT2D eigenvalue weighted by molar-refractivity contribution is 5.83. The lowest BCUT2D eigenvalue weighted by Crippen LogP contribution is -2.14. The highest BCUT2D eigenvalue weighted by Crippen LogP contribution is 2.20. The zero-order chi connectivity index (χ0) is 10.8. The third-order valence-corrected chi connectivity index (χ3v) is 2.61. The van der Waals surface area contributed by atoms with Gasteiger partial charge in [-0.1, -0.05) is 35.9 Å². The maximum atomic E-state index is 9.63. The Morgan fingerprint density at radius 3 is 2.47 bits per heavy atom. The van der Waals surface area contributed by atoms with Gasteiger partial charge in [0.2, 0.25) is 0 Å². The normalized spacial score (nSPS) is 13.0. The Labute approximate surface area is 89.6 Å². The second-order valence-electron chi connectivity index (χ2n) is 3.80. The summed E-state index contributed by atoms with van der Waals surface area (Å²) < 4.78 is 0. The highest BCUT2D eigenvalue weighted by Gasteiger charge is 2.04. The molecule has 2 nitrogen and oxygen atoms in total. The molecule has 15 heavy (non-hydrogen) atoms. The number of rotatable bonds is 2. The SMILES string of the molecule is CNC(O)c1ccc2cc(C)ccc2c1. The Morgan fingerprint density at radius 2 is 1.73 bits per heavy atom. The van der Waals surface area contributed by atoms with Gasteiger partial charge in [-0.05, 0) is 36.4 Å². The van der Waals surface area contributed by atoms with Crippen LogP contribution in [0.4, 0.5) is 0 Å². The standard InChI is InChI=1S/C13H15NO/c1-9-3-4-11-8-12(13(15)14-2)6-5-10(11)7-9/h3-8,13-15H,1-2H3. The number of aliphatic hydroxyl groups excluding tert-OH is 1. The van der Waals surface area contributed by atoms with Crippen LogP contribution < -0.4 is 5.32 Å². The summed E-state index contributed by atoms with van der Waals surface area (Å²) in [5, 5.41) is 14.8. The van der Waals surface area contributed by atoms with Crippen molar-refractivity contribution in [2.45, 2.75) is 13.2 Å². The van der Waals surface area contributed by atoms with Crippen molar-refractivity contribution in [2.24, 2.45) is 0 Å². The third kappa shape index (κ3) is 2.01. The average Bonchev–Trinajstić information content (AvgIpc) is 2.27. The molecular formula is C13H15NO. The Hall–Kier alpha value is -1.38. The van der Waals surface area contributed by atoms with Crippen LogP contribution in [0.1, 0.15) is 17.4 Å². The monoisotopic (exact) mass is 201 g/mol. The van der Waals surface area contributed by atoms with Gasteiger partial charge in [0.05, 0.1) is 0 Å². The van der Waals surface area contributed by atoms with Crippen molar-refractivity contribution >= 4 is 10.8 Å². The number of benzene rings is 2. The summed E-state index contributed by atoms with van der Waals surface area (Å²) in [6.07, 6.45) is -0.587. The summed E-state index contributed by atoms with van der Waals surface area (Å²) in [6, 6.07) is 12.3. The minimum Gasteiger partial charge on any atom is -0.374 e. The van der Waals surface area contributed by atoms with Gasteiger partial charge in [-0.15, -0.1) is 0 Å². The molecule has 2 aromatic carbocycles. The number of aliphatic hydroxyl groups is 1. The molecule has 1 unspecified atom stereocenters. The van der Waals surface area contributed by atoms with E-state index in [1.807, 2.05) is 18.2 Å². The molecule has 0 aliphatic heterocycles. The van der Waals surface area contributed by atoms with Crippen LogP contribution in [0, 0.1) is 6.92 Å². The van der Waals surface area contributed by atoms with Crippen LogP contribution in [0.25, 0.3) is 10.8 Å². The first-order chi connectivity index (χ1) is 7.20. The van der Waals surface area contributed by atoms with E-state index in [0.29, 0.717) is 0 Å². The van der Waals surface area contributed by atoms with Crippen LogP contribution in [0.2, 0.25) is 0 Å². The molecule has 78 valence electrons. The Balaban J connectivity index is 2.52. The van der Waals surface area contributed by atoms with Crippen molar-refractivity contribution in [1.29, 1.82) is 0 Å². The molecule has 0 amide bonds. The third-order valence-electron chi connectivity index (χ3n) is 2.61. The zero-order valence-corrected chi connectivity index (χ0v) is 8.99. The highest BCUT2D eigenvalue weighted by atomic mass is 16.3. The lowest BCUT2D eigenvalue weighted by atomic mass is 10.0. The maximum absolute atomic E-state index is 9.63. The molecule has 0 bridgehead atoms. The molecule has 0 heterocycles. The van der Waals surface area contributed by atoms with Crippen LogP contribution in [0.3, 0.4) is 0 Å². The molecule has 0 aliphatic rings. The fraction of sp³-hybridized carbons (Fsp3) is 0.231. The van der Waals surface area contributed by atoms with Crippen LogP contribution in [0.15, 0.2) is 36.4 Å². The molecule has 2 heteroatoms. The largest absolute Gasteiger partial charge is 0.374 e. The summed E-state index contributed by atoms with van der Waals surface area (Å²) in [5.74, 6) is 0. The van der Waals surface area contributed by atoms with Crippen LogP contribution >= 0.6 is 0 Å². The first-order valence-corrected chi connectivity index (χ1v) is 5.06. The van der Waals surface area contributed by atoms with Crippen molar-refractivity contribution in [1.82, 2.24) is 5.32 Å². The van der Waals surface area contributed by atoms with Crippen molar-refractivity contribution in [2.75, 3.05) is 7.05 Å². The van der Waals surface area contributed by atoms with Crippen molar-refractivity contribution in [3.63, 3.8) is 0 Å². The van der Waals surface area contributed by atoms with E-state index in [0.717, 1.165) is 10.9 Å². The molecule has 2 rings (SSSR count). The Morgan fingerprint density at radius 1 is 1.07 bits per heavy atom. The van der Waals surface area contributed by atoms with Crippen molar-refractivity contribution in [3.05, 3.63) is 47.5 Å². The van der Waals surface area contributed by atoms with E-state index < -0.39 is 6.23 Å². The zero-order valence-electron chi connectivity index (χ0n) is 8.99. The predicted molar refractivity (Wildman–Crippen MR) is 62.7 cm³/mol. The van der Waals surface area contributed by atoms with Crippen LogP contribution in [0.5, 0.6) is 0 Å². The summed E-state index contributed by atoms with van der Waals surface area (Å²) in [7, 11) is 1.74. The van der Waals surface area contributed by atoms with E-state index >= 15 is 0 Å². The summed E-state index contributed by atoms with van der Waals surface area (Å²) in [4.78, 5) is 0. The van der Waals surface area contributed by atoms with Gasteiger partial charge in [-0.25, -0.2) is 0 Å². The molecule has 0 saturated carbocycles. The van der Waals surface area contributed by atoms with Crippen LogP contribution in [-0.4, -0.2) is 12.2 Å². The number of hydrogen-bond donors (Lipinski definition) is 2. The molecule has 0 aromatic heterocycles. The molecule has 2 N–H and O–H groups in total. The van der Waals surface area contributed by atoms with E-state index in [-0.39, 0.29) is 0 Å². The van der Waals surface area contributed by atoms with Crippen LogP contribution in [-0.2, 0) is 0 Å². The minimum atomic E-state index is -0.587. The predicted octanol–water partition coefficient (Wildman–Crippen LogP) is 2.36. The lowest BCUT2D eigenvalue weighted by molar-refractivity contribution is 0.149. The van der Waals surface area contributed by atoms with E-state index in [2.05, 4.69) is 30.4 Å². The van der Waals surface area contributed by atoms with Gasteiger partial charge in [0.1, 0.15) is 6.23 Å². The number of fused-ring (bicyclic) bond motifs is 1. The van der Waals surface area contributed by atoms with E-state index in [9.17, 15) is 5.11 Å². The maximum Gasteiger partial charge on any atom is 0.130 e. The molecule has 0 spiro atoms. The van der Waals surface area contributed by atoms with Gasteiger partial charge in [0, 0.05) is 0 Å². The summed E-state index contributed by atoms with van der Waals surface area (Å²) >= 11 is 0. The topological polar surface area (TPSA) is 32.3 Å². The number of hydrogen-bond acceptors (Lipinski definition) is 2. The molecule has 0 fully saturated rings. The fourth-order valence-electron chi connectivity index (χ4n) is 1.72.